The van der Waals surface area contributed by atoms with E-state index in [4.69, 9.17) is 10.00 Å². The number of hydrogen-bond acceptors (Lipinski definition) is 4. The van der Waals surface area contributed by atoms with E-state index in [1.54, 1.807) is 0 Å². The average Bonchev–Trinajstić information content (AvgIpc) is 2.30. The summed E-state index contributed by atoms with van der Waals surface area (Å²) in [6, 6.07) is 3.51. The van der Waals surface area contributed by atoms with Crippen molar-refractivity contribution < 1.29 is 4.74 Å². The molecule has 1 heterocycles. The fourth-order valence-electron chi connectivity index (χ4n) is 1.43. The number of benzene rings is 1. The maximum absolute atomic E-state index is 11.6. The predicted molar refractivity (Wildman–Crippen MR) is 61.3 cm³/mol. The third kappa shape index (κ3) is 1.46. The molecule has 80 valence electrons. The fourth-order valence-corrected chi connectivity index (χ4v) is 1.93. The van der Waals surface area contributed by atoms with E-state index in [0.29, 0.717) is 26.7 Å². The number of fused-ring (bicyclic) bond motifs is 1. The number of H-pyrrole nitrogens is 1. The van der Waals surface area contributed by atoms with Crippen molar-refractivity contribution in [3.8, 4) is 11.8 Å². The molecule has 0 saturated heterocycles. The highest BCUT2D eigenvalue weighted by molar-refractivity contribution is 9.10. The Morgan fingerprint density at radius 1 is 1.62 bits per heavy atom. The van der Waals surface area contributed by atoms with E-state index in [1.807, 2.05) is 6.07 Å². The molecule has 0 aliphatic rings. The average molecular weight is 280 g/mol. The number of rotatable bonds is 1. The number of nitrogens with zero attached hydrogens (tertiary/aromatic N) is 2. The maximum atomic E-state index is 11.6. The van der Waals surface area contributed by atoms with Gasteiger partial charge in [-0.05, 0) is 15.9 Å². The van der Waals surface area contributed by atoms with Crippen LogP contribution in [0, 0.1) is 11.3 Å². The summed E-state index contributed by atoms with van der Waals surface area (Å²) in [6.45, 7) is 0. The zero-order chi connectivity index (χ0) is 11.7. The van der Waals surface area contributed by atoms with Gasteiger partial charge >= 0.3 is 0 Å². The highest BCUT2D eigenvalue weighted by atomic mass is 79.9. The first-order valence-electron chi connectivity index (χ1n) is 4.33. The second-order valence-electron chi connectivity index (χ2n) is 3.01. The van der Waals surface area contributed by atoms with E-state index in [0.717, 1.165) is 0 Å². The number of aromatic amines is 1. The summed E-state index contributed by atoms with van der Waals surface area (Å²) in [5.41, 5.74) is 0.495. The van der Waals surface area contributed by atoms with Gasteiger partial charge in [-0.1, -0.05) is 0 Å². The van der Waals surface area contributed by atoms with Crippen LogP contribution in [0.3, 0.4) is 0 Å². The number of ether oxygens (including phenoxy) is 1. The zero-order valence-corrected chi connectivity index (χ0v) is 9.83. The van der Waals surface area contributed by atoms with Crippen molar-refractivity contribution >= 4 is 26.8 Å². The number of halogens is 1. The molecule has 0 spiro atoms. The number of nitrogens with one attached hydrogen (secondary N) is 1. The zero-order valence-electron chi connectivity index (χ0n) is 8.24. The molecule has 16 heavy (non-hydrogen) atoms. The first kappa shape index (κ1) is 10.6. The van der Waals surface area contributed by atoms with Crippen LogP contribution in [0.4, 0.5) is 0 Å². The Bertz CT molecular complexity index is 657. The second-order valence-corrected chi connectivity index (χ2v) is 3.80. The minimum Gasteiger partial charge on any atom is -0.496 e. The van der Waals surface area contributed by atoms with Crippen molar-refractivity contribution in [1.82, 2.24) is 9.97 Å². The van der Waals surface area contributed by atoms with Gasteiger partial charge in [0.15, 0.2) is 0 Å². The number of aromatic nitrogens is 2. The third-order valence-corrected chi connectivity index (χ3v) is 2.96. The van der Waals surface area contributed by atoms with E-state index in [-0.39, 0.29) is 5.56 Å². The molecule has 1 N–H and O–H groups in total. The molecule has 1 aromatic carbocycles. The molecule has 1 aromatic heterocycles. The highest BCUT2D eigenvalue weighted by Gasteiger charge is 2.14. The molecule has 0 bridgehead atoms. The predicted octanol–water partition coefficient (Wildman–Crippen LogP) is 1.57. The molecule has 6 heteroatoms. The second kappa shape index (κ2) is 3.94. The van der Waals surface area contributed by atoms with Crippen molar-refractivity contribution in [3.05, 3.63) is 32.8 Å². The van der Waals surface area contributed by atoms with Crippen LogP contribution >= 0.6 is 15.9 Å². The minimum atomic E-state index is -0.299. The molecule has 0 fully saturated rings. The summed E-state index contributed by atoms with van der Waals surface area (Å²) in [7, 11) is 1.44. The molecular formula is C10H6BrN3O2. The van der Waals surface area contributed by atoms with Crippen LogP contribution < -0.4 is 10.3 Å². The summed E-state index contributed by atoms with van der Waals surface area (Å²) in [5, 5.41) is 9.25. The third-order valence-electron chi connectivity index (χ3n) is 2.16. The van der Waals surface area contributed by atoms with Crippen LogP contribution in [-0.2, 0) is 0 Å². The van der Waals surface area contributed by atoms with Gasteiger partial charge in [-0.25, -0.2) is 4.98 Å². The number of methoxy groups -OCH3 is 1. The number of nitriles is 1. The summed E-state index contributed by atoms with van der Waals surface area (Å²) in [6.07, 6.45) is 1.29. The molecule has 0 unspecified atom stereocenters. The van der Waals surface area contributed by atoms with Crippen LogP contribution in [0.25, 0.3) is 10.9 Å². The fraction of sp³-hybridized carbons (Fsp3) is 0.100. The smallest absolute Gasteiger partial charge is 0.262 e. The van der Waals surface area contributed by atoms with Gasteiger partial charge in [0.05, 0.1) is 29.0 Å². The van der Waals surface area contributed by atoms with Gasteiger partial charge in [-0.3, -0.25) is 4.79 Å². The van der Waals surface area contributed by atoms with Gasteiger partial charge in [0.1, 0.15) is 17.2 Å². The van der Waals surface area contributed by atoms with Crippen LogP contribution in [0.2, 0.25) is 0 Å². The molecule has 0 atom stereocenters. The molecule has 0 aliphatic heterocycles. The first-order chi connectivity index (χ1) is 7.69. The standard InChI is InChI=1S/C10H6BrN3O2/c1-16-6-2-5(3-12)8(11)9-7(6)10(15)14-4-13-9/h2,4H,1H3,(H,13,14,15). The molecule has 0 aliphatic carbocycles. The quantitative estimate of drug-likeness (QED) is 0.859. The molecular weight excluding hydrogens is 274 g/mol. The lowest BCUT2D eigenvalue weighted by atomic mass is 10.1. The van der Waals surface area contributed by atoms with Gasteiger partial charge < -0.3 is 9.72 Å². The van der Waals surface area contributed by atoms with E-state index < -0.39 is 0 Å². The van der Waals surface area contributed by atoms with Crippen molar-refractivity contribution in [2.45, 2.75) is 0 Å². The van der Waals surface area contributed by atoms with Gasteiger partial charge in [0, 0.05) is 6.07 Å². The van der Waals surface area contributed by atoms with E-state index in [1.165, 1.54) is 19.5 Å². The Kier molecular flexibility index (Phi) is 2.62. The monoisotopic (exact) mass is 279 g/mol. The van der Waals surface area contributed by atoms with E-state index in [9.17, 15) is 4.79 Å². The Morgan fingerprint density at radius 3 is 3.00 bits per heavy atom. The Morgan fingerprint density at radius 2 is 2.38 bits per heavy atom. The summed E-state index contributed by atoms with van der Waals surface area (Å²) < 4.78 is 5.57. The van der Waals surface area contributed by atoms with Crippen molar-refractivity contribution in [1.29, 1.82) is 5.26 Å². The SMILES string of the molecule is COc1cc(C#N)c(Br)c2nc[nH]c(=O)c12. The Labute approximate surface area is 98.8 Å². The molecule has 0 amide bonds. The first-order valence-corrected chi connectivity index (χ1v) is 5.12. The summed E-state index contributed by atoms with van der Waals surface area (Å²) in [5.74, 6) is 0.337. The molecule has 2 rings (SSSR count). The van der Waals surface area contributed by atoms with Gasteiger partial charge in [0.25, 0.3) is 5.56 Å². The lowest BCUT2D eigenvalue weighted by Crippen LogP contribution is -2.08. The molecule has 0 radical (unpaired) electrons. The highest BCUT2D eigenvalue weighted by Crippen LogP contribution is 2.30. The van der Waals surface area contributed by atoms with Crippen molar-refractivity contribution in [2.75, 3.05) is 7.11 Å². The minimum absolute atomic E-state index is 0.299. The van der Waals surface area contributed by atoms with Crippen LogP contribution in [0.5, 0.6) is 5.75 Å². The maximum Gasteiger partial charge on any atom is 0.262 e. The van der Waals surface area contributed by atoms with Crippen molar-refractivity contribution in [3.63, 3.8) is 0 Å². The largest absolute Gasteiger partial charge is 0.496 e. The van der Waals surface area contributed by atoms with Gasteiger partial charge in [0.2, 0.25) is 0 Å². The lowest BCUT2D eigenvalue weighted by molar-refractivity contribution is 0.419. The Hall–Kier alpha value is -1.87. The summed E-state index contributed by atoms with van der Waals surface area (Å²) in [4.78, 5) is 18.1. The van der Waals surface area contributed by atoms with Gasteiger partial charge in [-0.15, -0.1) is 0 Å². The van der Waals surface area contributed by atoms with Crippen LogP contribution in [0.1, 0.15) is 5.56 Å². The van der Waals surface area contributed by atoms with E-state index >= 15 is 0 Å². The topological polar surface area (TPSA) is 78.8 Å². The van der Waals surface area contributed by atoms with Crippen LogP contribution in [0.15, 0.2) is 21.7 Å². The van der Waals surface area contributed by atoms with E-state index in [2.05, 4.69) is 25.9 Å². The molecule has 0 saturated carbocycles. The molecule has 5 nitrogen and oxygen atoms in total. The summed E-state index contributed by atoms with van der Waals surface area (Å²) >= 11 is 3.25. The number of hydrogen-bond donors (Lipinski definition) is 1. The Balaban J connectivity index is 3.04. The van der Waals surface area contributed by atoms with Gasteiger partial charge in [-0.2, -0.15) is 5.26 Å². The normalized spacial score (nSPS) is 10.1. The lowest BCUT2D eigenvalue weighted by Gasteiger charge is -2.06. The molecule has 2 aromatic rings. The van der Waals surface area contributed by atoms with Crippen molar-refractivity contribution in [2.24, 2.45) is 0 Å². The van der Waals surface area contributed by atoms with Crippen LogP contribution in [-0.4, -0.2) is 17.1 Å².